The average molecular weight is 453 g/mol. The number of anilines is 1. The molecular weight excluding hydrogens is 428 g/mol. The minimum absolute atomic E-state index is 0.0873. The van der Waals surface area contributed by atoms with E-state index < -0.39 is 10.0 Å². The van der Waals surface area contributed by atoms with Gasteiger partial charge in [0, 0.05) is 11.3 Å². The Hall–Kier alpha value is -2.90. The Balaban J connectivity index is 1.36. The largest absolute Gasteiger partial charge is 0.492 e. The van der Waals surface area contributed by atoms with Gasteiger partial charge in [0.05, 0.1) is 10.2 Å². The van der Waals surface area contributed by atoms with Crippen LogP contribution in [0.2, 0.25) is 0 Å². The van der Waals surface area contributed by atoms with Gasteiger partial charge in [-0.15, -0.1) is 11.3 Å². The van der Waals surface area contributed by atoms with Crippen LogP contribution in [0.15, 0.2) is 66.7 Å². The Kier molecular flexibility index (Phi) is 6.25. The molecule has 0 atom stereocenters. The molecule has 7 heteroatoms. The van der Waals surface area contributed by atoms with Gasteiger partial charge in [-0.3, -0.25) is 4.72 Å². The van der Waals surface area contributed by atoms with Crippen LogP contribution in [-0.2, 0) is 16.4 Å². The lowest BCUT2D eigenvalue weighted by Crippen LogP contribution is -2.21. The minimum atomic E-state index is -3.51. The second kappa shape index (κ2) is 9.08. The summed E-state index contributed by atoms with van der Waals surface area (Å²) in [5.41, 5.74) is 4.87. The number of benzene rings is 3. The number of hydrogen-bond acceptors (Lipinski definition) is 5. The molecule has 1 aromatic heterocycles. The number of aromatic nitrogens is 1. The monoisotopic (exact) mass is 452 g/mol. The highest BCUT2D eigenvalue weighted by molar-refractivity contribution is 7.92. The Morgan fingerprint density at radius 1 is 1.00 bits per heavy atom. The number of sulfonamides is 1. The lowest BCUT2D eigenvalue weighted by atomic mass is 10.2. The van der Waals surface area contributed by atoms with Crippen molar-refractivity contribution in [2.24, 2.45) is 0 Å². The zero-order valence-electron chi connectivity index (χ0n) is 17.5. The Bertz CT molecular complexity index is 1280. The molecule has 0 bridgehead atoms. The molecule has 0 amide bonds. The SMILES string of the molecule is CCc1ccc(OCCS(=O)(=O)Nc2ccc(-c3nc4ccc(C)cc4s3)cc2)cc1. The third kappa shape index (κ3) is 5.42. The summed E-state index contributed by atoms with van der Waals surface area (Å²) in [7, 11) is -3.51. The molecule has 4 aromatic rings. The van der Waals surface area contributed by atoms with Crippen molar-refractivity contribution >= 4 is 37.3 Å². The summed E-state index contributed by atoms with van der Waals surface area (Å²) in [6.07, 6.45) is 0.954. The first-order valence-electron chi connectivity index (χ1n) is 10.1. The summed E-state index contributed by atoms with van der Waals surface area (Å²) < 4.78 is 34.1. The van der Waals surface area contributed by atoms with Crippen LogP contribution in [0.5, 0.6) is 5.75 Å². The van der Waals surface area contributed by atoms with Gasteiger partial charge >= 0.3 is 0 Å². The number of ether oxygens (including phenoxy) is 1. The van der Waals surface area contributed by atoms with Crippen LogP contribution in [0.1, 0.15) is 18.1 Å². The van der Waals surface area contributed by atoms with E-state index in [0.717, 1.165) is 27.2 Å². The van der Waals surface area contributed by atoms with E-state index in [1.807, 2.05) is 48.5 Å². The highest BCUT2D eigenvalue weighted by Crippen LogP contribution is 2.31. The number of rotatable bonds is 8. The van der Waals surface area contributed by atoms with Crippen molar-refractivity contribution in [2.45, 2.75) is 20.3 Å². The lowest BCUT2D eigenvalue weighted by molar-refractivity contribution is 0.341. The first-order valence-corrected chi connectivity index (χ1v) is 12.6. The van der Waals surface area contributed by atoms with E-state index in [4.69, 9.17) is 4.74 Å². The van der Waals surface area contributed by atoms with Crippen molar-refractivity contribution in [3.05, 3.63) is 77.9 Å². The molecular formula is C24H24N2O3S2. The summed E-state index contributed by atoms with van der Waals surface area (Å²) in [6, 6.07) is 21.2. The van der Waals surface area contributed by atoms with Gasteiger partial charge in [0.2, 0.25) is 10.0 Å². The minimum Gasteiger partial charge on any atom is -0.492 e. The van der Waals surface area contributed by atoms with Crippen LogP contribution < -0.4 is 9.46 Å². The highest BCUT2D eigenvalue weighted by atomic mass is 32.2. The first-order chi connectivity index (χ1) is 14.9. The predicted molar refractivity (Wildman–Crippen MR) is 129 cm³/mol. The molecule has 160 valence electrons. The molecule has 0 saturated heterocycles. The third-order valence-electron chi connectivity index (χ3n) is 4.90. The number of nitrogens with zero attached hydrogens (tertiary/aromatic N) is 1. The van der Waals surface area contributed by atoms with E-state index in [1.54, 1.807) is 23.5 Å². The van der Waals surface area contributed by atoms with Gasteiger partial charge in [0.1, 0.15) is 23.1 Å². The van der Waals surface area contributed by atoms with E-state index in [0.29, 0.717) is 11.4 Å². The van der Waals surface area contributed by atoms with Gasteiger partial charge in [0.25, 0.3) is 0 Å². The third-order valence-corrected chi connectivity index (χ3v) is 7.22. The summed E-state index contributed by atoms with van der Waals surface area (Å²) >= 11 is 1.63. The number of thiazole rings is 1. The molecule has 0 fully saturated rings. The van der Waals surface area contributed by atoms with Gasteiger partial charge in [0.15, 0.2) is 0 Å². The fraction of sp³-hybridized carbons (Fsp3) is 0.208. The van der Waals surface area contributed by atoms with Crippen molar-refractivity contribution in [1.82, 2.24) is 4.98 Å². The maximum atomic E-state index is 12.4. The van der Waals surface area contributed by atoms with Gasteiger partial charge in [-0.2, -0.15) is 0 Å². The molecule has 3 aromatic carbocycles. The van der Waals surface area contributed by atoms with E-state index in [-0.39, 0.29) is 12.4 Å². The molecule has 0 radical (unpaired) electrons. The molecule has 0 spiro atoms. The maximum absolute atomic E-state index is 12.4. The van der Waals surface area contributed by atoms with E-state index in [9.17, 15) is 8.42 Å². The number of nitrogens with one attached hydrogen (secondary N) is 1. The number of hydrogen-bond donors (Lipinski definition) is 1. The molecule has 5 nitrogen and oxygen atoms in total. The number of fused-ring (bicyclic) bond motifs is 1. The van der Waals surface area contributed by atoms with Crippen molar-refractivity contribution in [2.75, 3.05) is 17.1 Å². The van der Waals surface area contributed by atoms with Crippen LogP contribution in [0, 0.1) is 6.92 Å². The Morgan fingerprint density at radius 3 is 2.45 bits per heavy atom. The lowest BCUT2D eigenvalue weighted by Gasteiger charge is -2.10. The van der Waals surface area contributed by atoms with Crippen molar-refractivity contribution in [1.29, 1.82) is 0 Å². The van der Waals surface area contributed by atoms with Crippen LogP contribution in [0.4, 0.5) is 5.69 Å². The molecule has 0 unspecified atom stereocenters. The summed E-state index contributed by atoms with van der Waals surface area (Å²) in [5, 5.41) is 0.914. The van der Waals surface area contributed by atoms with Gasteiger partial charge in [-0.05, 0) is 73.0 Å². The van der Waals surface area contributed by atoms with E-state index in [2.05, 4.69) is 29.6 Å². The van der Waals surface area contributed by atoms with Crippen LogP contribution in [0.3, 0.4) is 0 Å². The number of aryl methyl sites for hydroxylation is 2. The molecule has 1 N–H and O–H groups in total. The second-order valence-electron chi connectivity index (χ2n) is 7.33. The second-order valence-corrected chi connectivity index (χ2v) is 10.2. The zero-order chi connectivity index (χ0) is 21.8. The molecule has 0 aliphatic rings. The van der Waals surface area contributed by atoms with Gasteiger partial charge < -0.3 is 4.74 Å². The fourth-order valence-electron chi connectivity index (χ4n) is 3.16. The summed E-state index contributed by atoms with van der Waals surface area (Å²) in [5.74, 6) is 0.546. The van der Waals surface area contributed by atoms with Crippen LogP contribution >= 0.6 is 11.3 Å². The van der Waals surface area contributed by atoms with E-state index in [1.165, 1.54) is 11.1 Å². The Morgan fingerprint density at radius 2 is 1.74 bits per heavy atom. The maximum Gasteiger partial charge on any atom is 0.236 e. The quantitative estimate of drug-likeness (QED) is 0.375. The summed E-state index contributed by atoms with van der Waals surface area (Å²) in [4.78, 5) is 4.67. The Labute approximate surface area is 186 Å². The summed E-state index contributed by atoms with van der Waals surface area (Å²) in [6.45, 7) is 4.23. The molecule has 31 heavy (non-hydrogen) atoms. The van der Waals surface area contributed by atoms with Crippen LogP contribution in [-0.4, -0.2) is 25.8 Å². The molecule has 0 aliphatic heterocycles. The van der Waals surface area contributed by atoms with Crippen molar-refractivity contribution in [3.63, 3.8) is 0 Å². The highest BCUT2D eigenvalue weighted by Gasteiger charge is 2.12. The van der Waals surface area contributed by atoms with E-state index >= 15 is 0 Å². The molecule has 0 saturated carbocycles. The fourth-order valence-corrected chi connectivity index (χ4v) is 5.13. The molecule has 1 heterocycles. The van der Waals surface area contributed by atoms with Gasteiger partial charge in [-0.1, -0.05) is 25.1 Å². The van der Waals surface area contributed by atoms with Crippen LogP contribution in [0.25, 0.3) is 20.8 Å². The van der Waals surface area contributed by atoms with Crippen molar-refractivity contribution in [3.8, 4) is 16.3 Å². The van der Waals surface area contributed by atoms with Crippen molar-refractivity contribution < 1.29 is 13.2 Å². The predicted octanol–water partition coefficient (Wildman–Crippen LogP) is 5.65. The first kappa shape index (κ1) is 21.3. The normalized spacial score (nSPS) is 11.5. The standard InChI is InChI=1S/C24H24N2O3S2/c1-3-18-5-11-21(12-6-18)29-14-15-31(27,28)26-20-9-7-19(8-10-20)24-25-22-13-4-17(2)16-23(22)30-24/h4-13,16,26H,3,14-15H2,1-2H3. The topological polar surface area (TPSA) is 68.3 Å². The smallest absolute Gasteiger partial charge is 0.236 e. The molecule has 4 rings (SSSR count). The zero-order valence-corrected chi connectivity index (χ0v) is 19.1. The van der Waals surface area contributed by atoms with Gasteiger partial charge in [-0.25, -0.2) is 13.4 Å². The average Bonchev–Trinajstić information content (AvgIpc) is 3.17. The molecule has 0 aliphatic carbocycles.